The minimum atomic E-state index is -0.268. The van der Waals surface area contributed by atoms with Gasteiger partial charge in [-0.15, -0.1) is 11.3 Å². The van der Waals surface area contributed by atoms with E-state index < -0.39 is 0 Å². The molecule has 4 nitrogen and oxygen atoms in total. The number of amides is 1. The molecule has 2 rings (SSSR count). The van der Waals surface area contributed by atoms with Crippen LogP contribution in [0.5, 0.6) is 0 Å². The number of halogens is 2. The Labute approximate surface area is 109 Å². The summed E-state index contributed by atoms with van der Waals surface area (Å²) in [6, 6.07) is 3.54. The maximum Gasteiger partial charge on any atom is 0.271 e. The molecule has 0 bridgehead atoms. The minimum Gasteiger partial charge on any atom is -0.452 e. The van der Waals surface area contributed by atoms with Gasteiger partial charge in [0.1, 0.15) is 11.5 Å². The lowest BCUT2D eigenvalue weighted by atomic mass is 10.4. The van der Waals surface area contributed by atoms with E-state index >= 15 is 0 Å². The van der Waals surface area contributed by atoms with E-state index in [4.69, 9.17) is 16.0 Å². The number of furan rings is 1. The molecular weight excluding hydrogens is 316 g/mol. The molecule has 1 N–H and O–H groups in total. The average molecular weight is 322 g/mol. The van der Waals surface area contributed by atoms with Crippen LogP contribution in [0.15, 0.2) is 26.6 Å². The first-order chi connectivity index (χ1) is 7.65. The highest BCUT2D eigenvalue weighted by atomic mass is 79.9. The van der Waals surface area contributed by atoms with Gasteiger partial charge in [0.15, 0.2) is 9.14 Å². The van der Waals surface area contributed by atoms with Crippen LogP contribution in [0.4, 0.5) is 0 Å². The molecule has 16 heavy (non-hydrogen) atoms. The molecule has 2 aromatic heterocycles. The van der Waals surface area contributed by atoms with Gasteiger partial charge in [0.2, 0.25) is 0 Å². The lowest BCUT2D eigenvalue weighted by Gasteiger charge is -1.99. The van der Waals surface area contributed by atoms with Crippen molar-refractivity contribution in [3.05, 3.63) is 38.1 Å². The Bertz CT molecular complexity index is 511. The number of aromatic nitrogens is 1. The van der Waals surface area contributed by atoms with Crippen molar-refractivity contribution in [2.75, 3.05) is 0 Å². The van der Waals surface area contributed by atoms with Crippen molar-refractivity contribution in [1.82, 2.24) is 10.3 Å². The van der Waals surface area contributed by atoms with Crippen molar-refractivity contribution < 1.29 is 9.21 Å². The number of hydrogen-bond donors (Lipinski definition) is 1. The van der Waals surface area contributed by atoms with Crippen LogP contribution in [-0.2, 0) is 6.54 Å². The maximum atomic E-state index is 11.6. The number of thiazole rings is 1. The van der Waals surface area contributed by atoms with Crippen molar-refractivity contribution in [2.45, 2.75) is 6.54 Å². The summed E-state index contributed by atoms with van der Waals surface area (Å²) in [5.41, 5.74) is 0.320. The second-order valence-electron chi connectivity index (χ2n) is 2.87. The second-order valence-corrected chi connectivity index (χ2v) is 5.10. The van der Waals surface area contributed by atoms with Crippen LogP contribution < -0.4 is 5.32 Å². The molecule has 0 aliphatic heterocycles. The van der Waals surface area contributed by atoms with E-state index in [1.54, 1.807) is 17.5 Å². The monoisotopic (exact) mass is 320 g/mol. The van der Waals surface area contributed by atoms with Crippen LogP contribution in [0.3, 0.4) is 0 Å². The zero-order chi connectivity index (χ0) is 11.5. The summed E-state index contributed by atoms with van der Waals surface area (Å²) in [5, 5.41) is 4.28. The fourth-order valence-corrected chi connectivity index (χ4v) is 2.15. The molecule has 0 spiro atoms. The standard InChI is InChI=1S/C9H6BrClN2O2S/c10-7-2-1-5(15-7)3-12-8(14)6-4-16-9(11)13-6/h1-2,4H,3H2,(H,12,14). The van der Waals surface area contributed by atoms with E-state index in [1.807, 2.05) is 0 Å². The molecule has 0 saturated heterocycles. The van der Waals surface area contributed by atoms with Crippen LogP contribution >= 0.6 is 38.9 Å². The molecule has 0 radical (unpaired) electrons. The predicted octanol–water partition coefficient (Wildman–Crippen LogP) is 3.08. The van der Waals surface area contributed by atoms with Crippen LogP contribution in [0.25, 0.3) is 0 Å². The lowest BCUT2D eigenvalue weighted by Crippen LogP contribution is -2.22. The first-order valence-corrected chi connectivity index (χ1v) is 6.33. The van der Waals surface area contributed by atoms with E-state index in [1.165, 1.54) is 11.3 Å². The van der Waals surface area contributed by atoms with Crippen LogP contribution in [-0.4, -0.2) is 10.9 Å². The smallest absolute Gasteiger partial charge is 0.271 e. The SMILES string of the molecule is O=C(NCc1ccc(Br)o1)c1csc(Cl)n1. The summed E-state index contributed by atoms with van der Waals surface area (Å²) in [4.78, 5) is 15.4. The Balaban J connectivity index is 1.93. The van der Waals surface area contributed by atoms with Gasteiger partial charge in [-0.3, -0.25) is 4.79 Å². The van der Waals surface area contributed by atoms with Crippen molar-refractivity contribution in [3.63, 3.8) is 0 Å². The van der Waals surface area contributed by atoms with Crippen LogP contribution in [0.1, 0.15) is 16.2 Å². The molecular formula is C9H6BrClN2O2S. The Morgan fingerprint density at radius 2 is 2.44 bits per heavy atom. The summed E-state index contributed by atoms with van der Waals surface area (Å²) in [6.45, 7) is 0.319. The number of carbonyl (C=O) groups is 1. The van der Waals surface area contributed by atoms with E-state index in [9.17, 15) is 4.79 Å². The van der Waals surface area contributed by atoms with Gasteiger partial charge in [-0.2, -0.15) is 0 Å². The van der Waals surface area contributed by atoms with Gasteiger partial charge in [0, 0.05) is 5.38 Å². The molecule has 0 aromatic carbocycles. The van der Waals surface area contributed by atoms with E-state index in [0.29, 0.717) is 27.1 Å². The molecule has 0 aliphatic carbocycles. The summed E-state index contributed by atoms with van der Waals surface area (Å²) < 4.78 is 6.22. The van der Waals surface area contributed by atoms with Gasteiger partial charge in [0.25, 0.3) is 5.91 Å². The van der Waals surface area contributed by atoms with Gasteiger partial charge in [-0.05, 0) is 28.1 Å². The highest BCUT2D eigenvalue weighted by Gasteiger charge is 2.10. The zero-order valence-electron chi connectivity index (χ0n) is 7.87. The molecule has 2 heterocycles. The highest BCUT2D eigenvalue weighted by molar-refractivity contribution is 9.10. The van der Waals surface area contributed by atoms with Crippen molar-refractivity contribution in [3.8, 4) is 0 Å². The molecule has 0 fully saturated rings. The molecule has 2 aromatic rings. The zero-order valence-corrected chi connectivity index (χ0v) is 11.0. The summed E-state index contributed by atoms with van der Waals surface area (Å²) in [5.74, 6) is 0.400. The number of nitrogens with zero attached hydrogens (tertiary/aromatic N) is 1. The summed E-state index contributed by atoms with van der Waals surface area (Å²) >= 11 is 10.0. The first-order valence-electron chi connectivity index (χ1n) is 4.28. The fourth-order valence-electron chi connectivity index (χ4n) is 1.06. The quantitative estimate of drug-likeness (QED) is 0.945. The average Bonchev–Trinajstić information content (AvgIpc) is 2.84. The molecule has 0 atom stereocenters. The third kappa shape index (κ3) is 2.84. The Morgan fingerprint density at radius 3 is 3.00 bits per heavy atom. The Morgan fingerprint density at radius 1 is 1.62 bits per heavy atom. The van der Waals surface area contributed by atoms with Crippen LogP contribution in [0, 0.1) is 0 Å². The van der Waals surface area contributed by atoms with Crippen molar-refractivity contribution in [1.29, 1.82) is 0 Å². The van der Waals surface area contributed by atoms with E-state index in [0.717, 1.165) is 0 Å². The van der Waals surface area contributed by atoms with Gasteiger partial charge in [-0.1, -0.05) is 11.6 Å². The molecule has 1 amide bonds. The molecule has 0 aliphatic rings. The molecule has 0 unspecified atom stereocenters. The second kappa shape index (κ2) is 4.99. The summed E-state index contributed by atoms with van der Waals surface area (Å²) in [6.07, 6.45) is 0. The first kappa shape index (κ1) is 11.6. The topological polar surface area (TPSA) is 55.1 Å². The van der Waals surface area contributed by atoms with Gasteiger partial charge < -0.3 is 9.73 Å². The Hall–Kier alpha value is -0.850. The van der Waals surface area contributed by atoms with Crippen LogP contribution in [0.2, 0.25) is 4.47 Å². The lowest BCUT2D eigenvalue weighted by molar-refractivity contribution is 0.0943. The number of hydrogen-bond acceptors (Lipinski definition) is 4. The van der Waals surface area contributed by atoms with Crippen molar-refractivity contribution >= 4 is 44.8 Å². The molecule has 7 heteroatoms. The Kier molecular flexibility index (Phi) is 3.63. The van der Waals surface area contributed by atoms with Gasteiger partial charge >= 0.3 is 0 Å². The number of nitrogens with one attached hydrogen (secondary N) is 1. The van der Waals surface area contributed by atoms with E-state index in [2.05, 4.69) is 26.2 Å². The largest absolute Gasteiger partial charge is 0.452 e. The van der Waals surface area contributed by atoms with Crippen molar-refractivity contribution in [2.24, 2.45) is 0 Å². The van der Waals surface area contributed by atoms with Gasteiger partial charge in [0.05, 0.1) is 6.54 Å². The predicted molar refractivity (Wildman–Crippen MR) is 64.7 cm³/mol. The molecule has 84 valence electrons. The summed E-state index contributed by atoms with van der Waals surface area (Å²) in [7, 11) is 0. The molecule has 0 saturated carbocycles. The third-order valence-corrected chi connectivity index (χ3v) is 3.17. The minimum absolute atomic E-state index is 0.268. The normalized spacial score (nSPS) is 10.4. The number of rotatable bonds is 3. The fraction of sp³-hybridized carbons (Fsp3) is 0.111. The van der Waals surface area contributed by atoms with E-state index in [-0.39, 0.29) is 5.91 Å². The van der Waals surface area contributed by atoms with Gasteiger partial charge in [-0.25, -0.2) is 4.98 Å². The third-order valence-electron chi connectivity index (χ3n) is 1.76. The number of carbonyl (C=O) groups excluding carboxylic acids is 1. The maximum absolute atomic E-state index is 11.6. The highest BCUT2D eigenvalue weighted by Crippen LogP contribution is 2.16.